The van der Waals surface area contributed by atoms with E-state index in [2.05, 4.69) is 32.9 Å². The lowest BCUT2D eigenvalue weighted by molar-refractivity contribution is -0.384. The number of anilines is 1. The number of pyridine rings is 1. The van der Waals surface area contributed by atoms with Gasteiger partial charge < -0.3 is 10.1 Å². The third-order valence-corrected chi connectivity index (χ3v) is 3.05. The average molecular weight is 399 g/mol. The number of hydrogen-bond acceptors (Lipinski definition) is 5. The maximum absolute atomic E-state index is 11.7. The number of aromatic nitrogens is 1. The number of benzene rings is 1. The molecular formula is C13H10IN3O4. The third kappa shape index (κ3) is 4.67. The molecule has 21 heavy (non-hydrogen) atoms. The third-order valence-electron chi connectivity index (χ3n) is 2.41. The van der Waals surface area contributed by atoms with Crippen molar-refractivity contribution in [3.63, 3.8) is 0 Å². The Morgan fingerprint density at radius 1 is 1.29 bits per heavy atom. The average Bonchev–Trinajstić information content (AvgIpc) is 2.48. The Hall–Kier alpha value is -2.23. The summed E-state index contributed by atoms with van der Waals surface area (Å²) >= 11 is 2.11. The molecule has 0 aliphatic carbocycles. The molecule has 0 atom stereocenters. The second kappa shape index (κ2) is 6.97. The maximum atomic E-state index is 11.7. The van der Waals surface area contributed by atoms with Crippen molar-refractivity contribution in [3.8, 4) is 5.75 Å². The first kappa shape index (κ1) is 15.2. The van der Waals surface area contributed by atoms with E-state index in [1.807, 2.05) is 6.07 Å². The Morgan fingerprint density at radius 3 is 2.57 bits per heavy atom. The van der Waals surface area contributed by atoms with Crippen LogP contribution < -0.4 is 10.1 Å². The fourth-order valence-corrected chi connectivity index (χ4v) is 1.76. The maximum Gasteiger partial charge on any atom is 0.269 e. The Labute approximate surface area is 133 Å². The summed E-state index contributed by atoms with van der Waals surface area (Å²) in [4.78, 5) is 25.7. The number of carbonyl (C=O) groups is 1. The summed E-state index contributed by atoms with van der Waals surface area (Å²) in [5, 5.41) is 13.1. The predicted molar refractivity (Wildman–Crippen MR) is 84.2 cm³/mol. The van der Waals surface area contributed by atoms with Crippen LogP contribution in [-0.4, -0.2) is 22.4 Å². The first-order valence-corrected chi connectivity index (χ1v) is 6.91. The molecule has 7 nitrogen and oxygen atoms in total. The number of hydrogen-bond donors (Lipinski definition) is 1. The second-order valence-corrected chi connectivity index (χ2v) is 5.20. The van der Waals surface area contributed by atoms with Gasteiger partial charge in [-0.1, -0.05) is 0 Å². The molecule has 0 aliphatic rings. The molecule has 0 saturated carbocycles. The molecule has 0 saturated heterocycles. The molecule has 0 bridgehead atoms. The van der Waals surface area contributed by atoms with Gasteiger partial charge in [-0.05, 0) is 46.9 Å². The van der Waals surface area contributed by atoms with Crippen molar-refractivity contribution >= 4 is 40.0 Å². The summed E-state index contributed by atoms with van der Waals surface area (Å²) in [6, 6.07) is 9.01. The molecule has 1 N–H and O–H groups in total. The number of amides is 1. The lowest BCUT2D eigenvalue weighted by atomic mass is 10.3. The fourth-order valence-electron chi connectivity index (χ4n) is 1.44. The summed E-state index contributed by atoms with van der Waals surface area (Å²) < 4.78 is 6.20. The summed E-state index contributed by atoms with van der Waals surface area (Å²) in [7, 11) is 0. The van der Waals surface area contributed by atoms with Crippen molar-refractivity contribution in [2.75, 3.05) is 11.9 Å². The Morgan fingerprint density at radius 2 is 2.00 bits per heavy atom. The van der Waals surface area contributed by atoms with E-state index in [1.54, 1.807) is 12.3 Å². The number of ether oxygens (including phenoxy) is 1. The largest absolute Gasteiger partial charge is 0.484 e. The monoisotopic (exact) mass is 399 g/mol. The molecule has 1 aromatic carbocycles. The summed E-state index contributed by atoms with van der Waals surface area (Å²) in [5.41, 5.74) is -0.0325. The summed E-state index contributed by atoms with van der Waals surface area (Å²) in [6.07, 6.45) is 1.63. The number of nitrogens with one attached hydrogen (secondary N) is 1. The molecule has 1 aromatic heterocycles. The van der Waals surface area contributed by atoms with Gasteiger partial charge in [0, 0.05) is 21.9 Å². The minimum atomic E-state index is -0.501. The van der Waals surface area contributed by atoms with Gasteiger partial charge in [0.05, 0.1) is 4.92 Å². The first-order chi connectivity index (χ1) is 10.0. The Bertz CT molecular complexity index is 643. The molecule has 1 amide bonds. The molecule has 2 rings (SSSR count). The SMILES string of the molecule is O=C(COc1ccc([N+](=O)[O-])cc1)Nc1ccc(I)cn1. The van der Waals surface area contributed by atoms with E-state index >= 15 is 0 Å². The molecule has 0 unspecified atom stereocenters. The van der Waals surface area contributed by atoms with E-state index in [0.717, 1.165) is 3.57 Å². The fraction of sp³-hybridized carbons (Fsp3) is 0.0769. The normalized spacial score (nSPS) is 9.95. The smallest absolute Gasteiger partial charge is 0.269 e. The van der Waals surface area contributed by atoms with E-state index < -0.39 is 4.92 Å². The van der Waals surface area contributed by atoms with E-state index in [0.29, 0.717) is 11.6 Å². The number of non-ortho nitro benzene ring substituents is 1. The van der Waals surface area contributed by atoms with E-state index in [1.165, 1.54) is 24.3 Å². The van der Waals surface area contributed by atoms with Crippen LogP contribution in [0.5, 0.6) is 5.75 Å². The van der Waals surface area contributed by atoms with E-state index in [-0.39, 0.29) is 18.2 Å². The van der Waals surface area contributed by atoms with Gasteiger partial charge >= 0.3 is 0 Å². The molecular weight excluding hydrogens is 389 g/mol. The molecule has 1 heterocycles. The van der Waals surface area contributed by atoms with Crippen molar-refractivity contribution in [2.45, 2.75) is 0 Å². The van der Waals surface area contributed by atoms with E-state index in [4.69, 9.17) is 4.74 Å². The van der Waals surface area contributed by atoms with E-state index in [9.17, 15) is 14.9 Å². The Kier molecular flexibility index (Phi) is 5.04. The number of carbonyl (C=O) groups excluding carboxylic acids is 1. The molecule has 8 heteroatoms. The molecule has 108 valence electrons. The lowest BCUT2D eigenvalue weighted by Crippen LogP contribution is -2.20. The van der Waals surface area contributed by atoms with Gasteiger partial charge in [0.25, 0.3) is 11.6 Å². The van der Waals surface area contributed by atoms with Crippen LogP contribution >= 0.6 is 22.6 Å². The highest BCUT2D eigenvalue weighted by atomic mass is 127. The summed E-state index contributed by atoms with van der Waals surface area (Å²) in [5.74, 6) is 0.459. The molecule has 2 aromatic rings. The minimum Gasteiger partial charge on any atom is -0.484 e. The topological polar surface area (TPSA) is 94.4 Å². The van der Waals surface area contributed by atoms with Crippen LogP contribution in [0.4, 0.5) is 11.5 Å². The number of nitro groups is 1. The number of halogens is 1. The quantitative estimate of drug-likeness (QED) is 0.474. The van der Waals surface area contributed by atoms with Crippen LogP contribution in [0, 0.1) is 13.7 Å². The zero-order chi connectivity index (χ0) is 15.2. The van der Waals surface area contributed by atoms with Gasteiger partial charge in [-0.3, -0.25) is 14.9 Å². The Balaban J connectivity index is 1.86. The highest BCUT2D eigenvalue weighted by molar-refractivity contribution is 14.1. The molecule has 0 fully saturated rings. The van der Waals surface area contributed by atoms with Crippen molar-refractivity contribution in [1.82, 2.24) is 4.98 Å². The van der Waals surface area contributed by atoms with Crippen LogP contribution in [0.25, 0.3) is 0 Å². The van der Waals surface area contributed by atoms with Crippen molar-refractivity contribution in [1.29, 1.82) is 0 Å². The van der Waals surface area contributed by atoms with Gasteiger partial charge in [0.1, 0.15) is 11.6 Å². The van der Waals surface area contributed by atoms with Gasteiger partial charge in [0.2, 0.25) is 0 Å². The molecule has 0 aliphatic heterocycles. The van der Waals surface area contributed by atoms with Gasteiger partial charge in [-0.2, -0.15) is 0 Å². The molecule has 0 radical (unpaired) electrons. The number of nitrogens with zero attached hydrogens (tertiary/aromatic N) is 2. The van der Waals surface area contributed by atoms with Gasteiger partial charge in [-0.15, -0.1) is 0 Å². The number of rotatable bonds is 5. The van der Waals surface area contributed by atoms with Gasteiger partial charge in [0.15, 0.2) is 6.61 Å². The number of nitro benzene ring substituents is 1. The highest BCUT2D eigenvalue weighted by Gasteiger charge is 2.07. The standard InChI is InChI=1S/C13H10IN3O4/c14-9-1-6-12(15-7-9)16-13(18)8-21-11-4-2-10(3-5-11)17(19)20/h1-7H,8H2,(H,15,16,18). The van der Waals surface area contributed by atoms with Crippen molar-refractivity contribution in [3.05, 3.63) is 56.3 Å². The van der Waals surface area contributed by atoms with Crippen LogP contribution in [0.3, 0.4) is 0 Å². The van der Waals surface area contributed by atoms with Crippen LogP contribution in [0.2, 0.25) is 0 Å². The van der Waals surface area contributed by atoms with Crippen LogP contribution in [0.1, 0.15) is 0 Å². The van der Waals surface area contributed by atoms with Crippen molar-refractivity contribution < 1.29 is 14.5 Å². The van der Waals surface area contributed by atoms with Crippen LogP contribution in [-0.2, 0) is 4.79 Å². The van der Waals surface area contributed by atoms with Crippen molar-refractivity contribution in [2.24, 2.45) is 0 Å². The highest BCUT2D eigenvalue weighted by Crippen LogP contribution is 2.17. The zero-order valence-electron chi connectivity index (χ0n) is 10.7. The predicted octanol–water partition coefficient (Wildman–Crippen LogP) is 2.61. The molecule has 0 spiro atoms. The van der Waals surface area contributed by atoms with Crippen LogP contribution in [0.15, 0.2) is 42.6 Å². The lowest BCUT2D eigenvalue weighted by Gasteiger charge is -2.06. The second-order valence-electron chi connectivity index (χ2n) is 3.95. The summed E-state index contributed by atoms with van der Waals surface area (Å²) in [6.45, 7) is -0.203. The minimum absolute atomic E-state index is 0.0325. The van der Waals surface area contributed by atoms with Gasteiger partial charge in [-0.25, -0.2) is 4.98 Å². The zero-order valence-corrected chi connectivity index (χ0v) is 12.8. The first-order valence-electron chi connectivity index (χ1n) is 5.83.